The van der Waals surface area contributed by atoms with E-state index in [9.17, 15) is 28.5 Å². The van der Waals surface area contributed by atoms with Crippen molar-refractivity contribution in [2.45, 2.75) is 0 Å². The normalized spacial score (nSPS) is 10.0. The Hall–Kier alpha value is -3.56. The number of carbonyl (C=O) groups excluding carboxylic acids is 2. The van der Waals surface area contributed by atoms with Gasteiger partial charge < -0.3 is 15.4 Å². The summed E-state index contributed by atoms with van der Waals surface area (Å²) < 4.78 is 31.2. The van der Waals surface area contributed by atoms with Crippen molar-refractivity contribution in [1.29, 1.82) is 0 Å². The number of nitrogens with zero attached hydrogens (tertiary/aromatic N) is 1. The Labute approximate surface area is 139 Å². The van der Waals surface area contributed by atoms with Crippen molar-refractivity contribution < 1.29 is 28.0 Å². The summed E-state index contributed by atoms with van der Waals surface area (Å²) in [5, 5.41) is 14.9. The van der Waals surface area contributed by atoms with Crippen LogP contribution in [0.5, 0.6) is 5.75 Å². The maximum Gasteiger partial charge on any atom is 0.314 e. The van der Waals surface area contributed by atoms with Crippen LogP contribution in [0, 0.1) is 21.7 Å². The van der Waals surface area contributed by atoms with E-state index in [4.69, 9.17) is 4.74 Å². The van der Waals surface area contributed by atoms with Gasteiger partial charge in [-0.1, -0.05) is 0 Å². The highest BCUT2D eigenvalue weighted by molar-refractivity contribution is 6.43. The largest absolute Gasteiger partial charge is 0.494 e. The SMILES string of the molecule is COc1cc([N+](=O)[O-])ccc1NC(=O)C(=O)Nc1ccc(F)cc1F. The summed E-state index contributed by atoms with van der Waals surface area (Å²) in [6, 6.07) is 5.77. The number of nitro benzene ring substituents is 1. The minimum atomic E-state index is -1.22. The minimum absolute atomic E-state index is 0.00725. The Morgan fingerprint density at radius 1 is 1.04 bits per heavy atom. The number of nitro groups is 1. The Balaban J connectivity index is 2.13. The molecule has 2 aromatic carbocycles. The Morgan fingerprint density at radius 2 is 1.64 bits per heavy atom. The highest BCUT2D eigenvalue weighted by atomic mass is 19.1. The molecule has 0 aliphatic rings. The van der Waals surface area contributed by atoms with Crippen molar-refractivity contribution in [3.8, 4) is 5.75 Å². The molecule has 0 heterocycles. The number of ether oxygens (including phenoxy) is 1. The Bertz CT molecular complexity index is 857. The molecule has 10 heteroatoms. The number of rotatable bonds is 4. The summed E-state index contributed by atoms with van der Waals surface area (Å²) in [5.74, 6) is -4.31. The number of nitrogens with one attached hydrogen (secondary N) is 2. The van der Waals surface area contributed by atoms with Crippen molar-refractivity contribution in [3.05, 3.63) is 58.1 Å². The van der Waals surface area contributed by atoms with Crippen molar-refractivity contribution >= 4 is 28.9 Å². The van der Waals surface area contributed by atoms with Gasteiger partial charge in [0.2, 0.25) is 0 Å². The number of amides is 2. The summed E-state index contributed by atoms with van der Waals surface area (Å²) in [5.41, 5.74) is -0.641. The molecule has 0 atom stereocenters. The van der Waals surface area contributed by atoms with E-state index in [1.165, 1.54) is 13.2 Å². The monoisotopic (exact) mass is 351 g/mol. The van der Waals surface area contributed by atoms with Crippen molar-refractivity contribution in [2.75, 3.05) is 17.7 Å². The maximum absolute atomic E-state index is 13.5. The van der Waals surface area contributed by atoms with Crippen molar-refractivity contribution in [1.82, 2.24) is 0 Å². The first kappa shape index (κ1) is 17.8. The lowest BCUT2D eigenvalue weighted by molar-refractivity contribution is -0.384. The summed E-state index contributed by atoms with van der Waals surface area (Å²) in [4.78, 5) is 33.7. The number of hydrogen-bond acceptors (Lipinski definition) is 5. The minimum Gasteiger partial charge on any atom is -0.494 e. The van der Waals surface area contributed by atoms with Crippen LogP contribution in [0.25, 0.3) is 0 Å². The molecule has 0 spiro atoms. The molecule has 8 nitrogen and oxygen atoms in total. The lowest BCUT2D eigenvalue weighted by atomic mass is 10.2. The maximum atomic E-state index is 13.5. The zero-order valence-corrected chi connectivity index (χ0v) is 12.7. The molecule has 2 N–H and O–H groups in total. The van der Waals surface area contributed by atoms with Crippen LogP contribution in [0.3, 0.4) is 0 Å². The van der Waals surface area contributed by atoms with Gasteiger partial charge in [0, 0.05) is 12.1 Å². The van der Waals surface area contributed by atoms with Crippen LogP contribution < -0.4 is 15.4 Å². The molecule has 0 aliphatic heterocycles. The molecule has 2 rings (SSSR count). The summed E-state index contributed by atoms with van der Waals surface area (Å²) in [6.45, 7) is 0. The third-order valence-electron chi connectivity index (χ3n) is 3.03. The zero-order chi connectivity index (χ0) is 18.6. The lowest BCUT2D eigenvalue weighted by Gasteiger charge is -2.10. The van der Waals surface area contributed by atoms with Gasteiger partial charge in [-0.05, 0) is 18.2 Å². The highest BCUT2D eigenvalue weighted by Gasteiger charge is 2.19. The van der Waals surface area contributed by atoms with Gasteiger partial charge in [0.1, 0.15) is 17.4 Å². The number of methoxy groups -OCH3 is 1. The number of carbonyl (C=O) groups is 2. The quantitative estimate of drug-likeness (QED) is 0.499. The average molecular weight is 351 g/mol. The van der Waals surface area contributed by atoms with Gasteiger partial charge in [-0.25, -0.2) is 8.78 Å². The first-order chi connectivity index (χ1) is 11.8. The third-order valence-corrected chi connectivity index (χ3v) is 3.03. The molecule has 0 radical (unpaired) electrons. The Kier molecular flexibility index (Phi) is 5.22. The summed E-state index contributed by atoms with van der Waals surface area (Å²) in [7, 11) is 1.22. The smallest absolute Gasteiger partial charge is 0.314 e. The van der Waals surface area contributed by atoms with Gasteiger partial charge in [-0.3, -0.25) is 19.7 Å². The standard InChI is InChI=1S/C15H11F2N3O5/c1-25-13-7-9(20(23)24)3-5-12(13)19-15(22)14(21)18-11-4-2-8(16)6-10(11)17/h2-7H,1H3,(H,18,21)(H,19,22). The molecule has 25 heavy (non-hydrogen) atoms. The van der Waals surface area contributed by atoms with Crippen LogP contribution in [0.15, 0.2) is 36.4 Å². The van der Waals surface area contributed by atoms with E-state index < -0.39 is 28.4 Å². The van der Waals surface area contributed by atoms with Crippen molar-refractivity contribution in [2.24, 2.45) is 0 Å². The van der Waals surface area contributed by atoms with Crippen LogP contribution in [0.2, 0.25) is 0 Å². The molecule has 0 fully saturated rings. The third kappa shape index (κ3) is 4.25. The summed E-state index contributed by atoms with van der Waals surface area (Å²) in [6.07, 6.45) is 0. The number of benzene rings is 2. The van der Waals surface area contributed by atoms with Crippen LogP contribution in [0.1, 0.15) is 0 Å². The second kappa shape index (κ2) is 7.34. The van der Waals surface area contributed by atoms with Gasteiger partial charge in [0.05, 0.1) is 29.5 Å². The molecule has 2 aromatic rings. The van der Waals surface area contributed by atoms with Crippen molar-refractivity contribution in [3.63, 3.8) is 0 Å². The zero-order valence-electron chi connectivity index (χ0n) is 12.7. The van der Waals surface area contributed by atoms with E-state index in [0.717, 1.165) is 24.3 Å². The number of halogens is 2. The van der Waals surface area contributed by atoms with E-state index in [1.807, 2.05) is 5.32 Å². The molecule has 0 unspecified atom stereocenters. The fourth-order valence-electron chi connectivity index (χ4n) is 1.85. The molecule has 130 valence electrons. The van der Waals surface area contributed by atoms with Crippen LogP contribution in [-0.2, 0) is 9.59 Å². The highest BCUT2D eigenvalue weighted by Crippen LogP contribution is 2.29. The molecule has 0 saturated carbocycles. The molecule has 0 bridgehead atoms. The van der Waals surface area contributed by atoms with E-state index in [1.54, 1.807) is 0 Å². The van der Waals surface area contributed by atoms with Crippen LogP contribution in [-0.4, -0.2) is 23.8 Å². The molecule has 0 saturated heterocycles. The first-order valence-corrected chi connectivity index (χ1v) is 6.71. The fraction of sp³-hybridized carbons (Fsp3) is 0.0667. The van der Waals surface area contributed by atoms with E-state index >= 15 is 0 Å². The second-order valence-corrected chi connectivity index (χ2v) is 4.67. The average Bonchev–Trinajstić information content (AvgIpc) is 2.57. The predicted molar refractivity (Wildman–Crippen MR) is 83.3 cm³/mol. The predicted octanol–water partition coefficient (Wildman–Crippen LogP) is 2.46. The van der Waals surface area contributed by atoms with Gasteiger partial charge in [0.25, 0.3) is 5.69 Å². The fourth-order valence-corrected chi connectivity index (χ4v) is 1.85. The molecule has 0 aliphatic carbocycles. The second-order valence-electron chi connectivity index (χ2n) is 4.67. The van der Waals surface area contributed by atoms with E-state index in [0.29, 0.717) is 6.07 Å². The number of anilines is 2. The van der Waals surface area contributed by atoms with Gasteiger partial charge in [-0.15, -0.1) is 0 Å². The van der Waals surface area contributed by atoms with Gasteiger partial charge in [0.15, 0.2) is 0 Å². The molecular formula is C15H11F2N3O5. The van der Waals surface area contributed by atoms with Crippen LogP contribution in [0.4, 0.5) is 25.8 Å². The van der Waals surface area contributed by atoms with Gasteiger partial charge in [-0.2, -0.15) is 0 Å². The van der Waals surface area contributed by atoms with E-state index in [2.05, 4.69) is 5.32 Å². The Morgan fingerprint density at radius 3 is 2.20 bits per heavy atom. The van der Waals surface area contributed by atoms with Crippen LogP contribution >= 0.6 is 0 Å². The first-order valence-electron chi connectivity index (χ1n) is 6.71. The summed E-state index contributed by atoms with van der Waals surface area (Å²) >= 11 is 0. The molecular weight excluding hydrogens is 340 g/mol. The van der Waals surface area contributed by atoms with Gasteiger partial charge >= 0.3 is 11.8 Å². The lowest BCUT2D eigenvalue weighted by Crippen LogP contribution is -2.29. The van der Waals surface area contributed by atoms with E-state index in [-0.39, 0.29) is 22.8 Å². The number of non-ortho nitro benzene ring substituents is 1. The molecule has 0 aromatic heterocycles. The number of hydrogen-bond donors (Lipinski definition) is 2. The topological polar surface area (TPSA) is 111 Å². The molecule has 2 amide bonds.